The quantitative estimate of drug-likeness (QED) is 0.770. The van der Waals surface area contributed by atoms with Gasteiger partial charge < -0.3 is 4.90 Å². The van der Waals surface area contributed by atoms with Crippen molar-refractivity contribution in [2.24, 2.45) is 0 Å². The summed E-state index contributed by atoms with van der Waals surface area (Å²) in [5.74, 6) is 0.116. The fraction of sp³-hybridized carbons (Fsp3) is 0.308. The summed E-state index contributed by atoms with van der Waals surface area (Å²) in [4.78, 5) is 13.6. The van der Waals surface area contributed by atoms with E-state index in [0.717, 1.165) is 15.7 Å². The first kappa shape index (κ1) is 13.0. The van der Waals surface area contributed by atoms with Gasteiger partial charge in [0.15, 0.2) is 0 Å². The first-order valence-electron chi connectivity index (χ1n) is 5.25. The van der Waals surface area contributed by atoms with Gasteiger partial charge in [-0.2, -0.15) is 0 Å². The van der Waals surface area contributed by atoms with Crippen molar-refractivity contribution >= 4 is 27.5 Å². The van der Waals surface area contributed by atoms with Gasteiger partial charge in [-0.15, -0.1) is 0 Å². The van der Waals surface area contributed by atoms with Gasteiger partial charge >= 0.3 is 0 Å². The Labute approximate surface area is 105 Å². The smallest absolute Gasteiger partial charge is 0.227 e. The second-order valence-electron chi connectivity index (χ2n) is 3.77. The molecular weight excluding hydrogens is 266 g/mol. The fourth-order valence-corrected chi connectivity index (χ4v) is 1.67. The van der Waals surface area contributed by atoms with Crippen LogP contribution in [-0.4, -0.2) is 12.5 Å². The van der Waals surface area contributed by atoms with Gasteiger partial charge in [-0.1, -0.05) is 35.0 Å². The van der Waals surface area contributed by atoms with Gasteiger partial charge in [0.1, 0.15) is 0 Å². The Morgan fingerprint density at radius 2 is 1.94 bits per heavy atom. The predicted molar refractivity (Wildman–Crippen MR) is 71.6 cm³/mol. The van der Waals surface area contributed by atoms with E-state index in [-0.39, 0.29) is 5.91 Å². The van der Waals surface area contributed by atoms with Crippen LogP contribution in [0.15, 0.2) is 40.9 Å². The van der Waals surface area contributed by atoms with Crippen LogP contribution in [0.2, 0.25) is 0 Å². The molecule has 0 radical (unpaired) electrons. The molecule has 0 aliphatic rings. The summed E-state index contributed by atoms with van der Waals surface area (Å²) in [5, 5.41) is 0. The average Bonchev–Trinajstić information content (AvgIpc) is 2.26. The van der Waals surface area contributed by atoms with Crippen LogP contribution in [0.1, 0.15) is 20.3 Å². The number of carbonyl (C=O) groups excluding carboxylic acids is 1. The van der Waals surface area contributed by atoms with Crippen molar-refractivity contribution in [3.63, 3.8) is 0 Å². The Bertz CT molecular complexity index is 383. The molecular formula is C13H16BrNO. The molecule has 0 fully saturated rings. The highest BCUT2D eigenvalue weighted by Gasteiger charge is 2.13. The zero-order valence-electron chi connectivity index (χ0n) is 9.66. The molecule has 1 aromatic carbocycles. The lowest BCUT2D eigenvalue weighted by atomic mass is 10.2. The Kier molecular flexibility index (Phi) is 4.74. The van der Waals surface area contributed by atoms with Crippen molar-refractivity contribution in [1.82, 2.24) is 0 Å². The van der Waals surface area contributed by atoms with Crippen LogP contribution in [0.25, 0.3) is 0 Å². The second-order valence-corrected chi connectivity index (χ2v) is 4.68. The minimum Gasteiger partial charge on any atom is -0.308 e. The molecule has 0 aromatic heterocycles. The number of nitrogens with zero attached hydrogens (tertiary/aromatic N) is 1. The summed E-state index contributed by atoms with van der Waals surface area (Å²) >= 11 is 3.38. The molecule has 1 amide bonds. The maximum absolute atomic E-state index is 11.8. The molecule has 0 spiro atoms. The van der Waals surface area contributed by atoms with Crippen LogP contribution < -0.4 is 4.90 Å². The topological polar surface area (TPSA) is 20.3 Å². The molecule has 0 heterocycles. The molecule has 0 bridgehead atoms. The highest BCUT2D eigenvalue weighted by Crippen LogP contribution is 2.19. The molecule has 0 aliphatic carbocycles. The number of hydrogen-bond acceptors (Lipinski definition) is 1. The van der Waals surface area contributed by atoms with Gasteiger partial charge in [0.2, 0.25) is 5.91 Å². The normalized spacial score (nSPS) is 9.94. The summed E-state index contributed by atoms with van der Waals surface area (Å²) in [6, 6.07) is 7.73. The minimum atomic E-state index is 0.116. The van der Waals surface area contributed by atoms with Gasteiger partial charge in [0.25, 0.3) is 0 Å². The van der Waals surface area contributed by atoms with Crippen LogP contribution in [-0.2, 0) is 4.79 Å². The highest BCUT2D eigenvalue weighted by molar-refractivity contribution is 9.10. The molecule has 0 atom stereocenters. The monoisotopic (exact) mass is 281 g/mol. The lowest BCUT2D eigenvalue weighted by Crippen LogP contribution is -2.31. The maximum atomic E-state index is 11.8. The molecule has 1 rings (SSSR count). The Hall–Kier alpha value is -1.09. The standard InChI is InChI=1S/C13H16BrNO/c1-4-13(16)15(9-10(2)3)12-7-5-11(14)6-8-12/h5-8H,2,4,9H2,1,3H3. The lowest BCUT2D eigenvalue weighted by molar-refractivity contribution is -0.118. The van der Waals surface area contributed by atoms with E-state index in [2.05, 4.69) is 22.5 Å². The third kappa shape index (κ3) is 3.49. The molecule has 0 N–H and O–H groups in total. The van der Waals surface area contributed by atoms with Gasteiger partial charge in [0.05, 0.1) is 0 Å². The van der Waals surface area contributed by atoms with Crippen molar-refractivity contribution in [3.05, 3.63) is 40.9 Å². The molecule has 0 saturated heterocycles. The fourth-order valence-electron chi connectivity index (χ4n) is 1.41. The summed E-state index contributed by atoms with van der Waals surface area (Å²) < 4.78 is 1.01. The highest BCUT2D eigenvalue weighted by atomic mass is 79.9. The third-order valence-electron chi connectivity index (χ3n) is 2.17. The second kappa shape index (κ2) is 5.85. The number of carbonyl (C=O) groups is 1. The van der Waals surface area contributed by atoms with Gasteiger partial charge in [-0.25, -0.2) is 0 Å². The first-order valence-corrected chi connectivity index (χ1v) is 6.04. The number of halogens is 1. The predicted octanol–water partition coefficient (Wildman–Crippen LogP) is 3.77. The number of benzene rings is 1. The van der Waals surface area contributed by atoms with Crippen molar-refractivity contribution in [3.8, 4) is 0 Å². The maximum Gasteiger partial charge on any atom is 0.227 e. The van der Waals surface area contributed by atoms with E-state index in [1.165, 1.54) is 0 Å². The van der Waals surface area contributed by atoms with Crippen LogP contribution in [0.5, 0.6) is 0 Å². The summed E-state index contributed by atoms with van der Waals surface area (Å²) in [6.07, 6.45) is 0.503. The molecule has 2 nitrogen and oxygen atoms in total. The Morgan fingerprint density at radius 3 is 2.38 bits per heavy atom. The van der Waals surface area contributed by atoms with Crippen LogP contribution in [0, 0.1) is 0 Å². The number of anilines is 1. The van der Waals surface area contributed by atoms with Crippen molar-refractivity contribution in [2.75, 3.05) is 11.4 Å². The molecule has 3 heteroatoms. The largest absolute Gasteiger partial charge is 0.308 e. The van der Waals surface area contributed by atoms with Gasteiger partial charge in [-0.05, 0) is 31.2 Å². The zero-order chi connectivity index (χ0) is 12.1. The van der Waals surface area contributed by atoms with Crippen molar-refractivity contribution in [1.29, 1.82) is 0 Å². The lowest BCUT2D eigenvalue weighted by Gasteiger charge is -2.22. The molecule has 0 aliphatic heterocycles. The van der Waals surface area contributed by atoms with Crippen LogP contribution in [0.3, 0.4) is 0 Å². The third-order valence-corrected chi connectivity index (χ3v) is 2.70. The van der Waals surface area contributed by atoms with E-state index in [1.54, 1.807) is 4.90 Å². The molecule has 0 unspecified atom stereocenters. The molecule has 1 aromatic rings. The van der Waals surface area contributed by atoms with Gasteiger partial charge in [0, 0.05) is 23.1 Å². The molecule has 86 valence electrons. The van der Waals surface area contributed by atoms with Crippen LogP contribution in [0.4, 0.5) is 5.69 Å². The molecule has 0 saturated carbocycles. The van der Waals surface area contributed by atoms with Gasteiger partial charge in [-0.3, -0.25) is 4.79 Å². The van der Waals surface area contributed by atoms with E-state index >= 15 is 0 Å². The summed E-state index contributed by atoms with van der Waals surface area (Å²) in [6.45, 7) is 8.22. The average molecular weight is 282 g/mol. The van der Waals surface area contributed by atoms with Crippen molar-refractivity contribution in [2.45, 2.75) is 20.3 Å². The number of rotatable bonds is 4. The first-order chi connectivity index (χ1) is 7.54. The summed E-state index contributed by atoms with van der Waals surface area (Å²) in [7, 11) is 0. The summed E-state index contributed by atoms with van der Waals surface area (Å²) in [5.41, 5.74) is 1.89. The van der Waals surface area contributed by atoms with Crippen molar-refractivity contribution < 1.29 is 4.79 Å². The Morgan fingerprint density at radius 1 is 1.38 bits per heavy atom. The van der Waals surface area contributed by atoms with E-state index in [0.29, 0.717) is 13.0 Å². The van der Waals surface area contributed by atoms with E-state index in [4.69, 9.17) is 0 Å². The van der Waals surface area contributed by atoms with E-state index < -0.39 is 0 Å². The van der Waals surface area contributed by atoms with Crippen LogP contribution >= 0.6 is 15.9 Å². The number of amides is 1. The Balaban J connectivity index is 2.96. The van der Waals surface area contributed by atoms with E-state index in [1.807, 2.05) is 38.1 Å². The minimum absolute atomic E-state index is 0.116. The van der Waals surface area contributed by atoms with E-state index in [9.17, 15) is 4.79 Å². The number of hydrogen-bond donors (Lipinski definition) is 0. The SMILES string of the molecule is C=C(C)CN(C(=O)CC)c1ccc(Br)cc1. The zero-order valence-corrected chi connectivity index (χ0v) is 11.3. The molecule has 16 heavy (non-hydrogen) atoms.